The smallest absolute Gasteiger partial charge is 0.132 e. The molecule has 0 unspecified atom stereocenters. The Balaban J connectivity index is 1.14. The van der Waals surface area contributed by atoms with E-state index in [0.717, 1.165) is 45.3 Å². The summed E-state index contributed by atoms with van der Waals surface area (Å²) < 4.78 is 19.1. The number of fused-ring (bicyclic) bond motifs is 20. The quantitative estimate of drug-likeness (QED) is 0.172. The first-order chi connectivity index (χ1) is 31.7. The first-order valence-electron chi connectivity index (χ1n) is 21.6. The van der Waals surface area contributed by atoms with Crippen molar-refractivity contribution in [2.45, 2.75) is 10.8 Å². The highest BCUT2D eigenvalue weighted by Crippen LogP contribution is 2.70. The van der Waals surface area contributed by atoms with Crippen LogP contribution in [0.2, 0.25) is 0 Å². The fourth-order valence-electron chi connectivity index (χ4n) is 11.3. The van der Waals surface area contributed by atoms with E-state index >= 15 is 0 Å². The topological polar surface area (TPSA) is 18.5 Å². The molecule has 0 atom stereocenters. The fraction of sp³-hybridized carbons (Fsp3) is 0.0345. The van der Waals surface area contributed by atoms with Crippen molar-refractivity contribution < 1.29 is 9.47 Å². The highest BCUT2D eigenvalue weighted by molar-refractivity contribution is 7.27. The molecule has 0 saturated carbocycles. The van der Waals surface area contributed by atoms with E-state index in [1.807, 2.05) is 45.3 Å². The highest BCUT2D eigenvalue weighted by Gasteiger charge is 2.61. The Hall–Kier alpha value is -6.80. The van der Waals surface area contributed by atoms with Crippen LogP contribution in [0.3, 0.4) is 0 Å². The molecule has 0 radical (unpaired) electrons. The Morgan fingerprint density at radius 3 is 1.05 bits per heavy atom. The van der Waals surface area contributed by atoms with E-state index in [1.165, 1.54) is 82.1 Å². The molecular formula is C58H32O2S4. The molecule has 4 aromatic heterocycles. The van der Waals surface area contributed by atoms with Crippen molar-refractivity contribution in [2.24, 2.45) is 0 Å². The first kappa shape index (κ1) is 35.6. The van der Waals surface area contributed by atoms with Crippen LogP contribution in [0.15, 0.2) is 194 Å². The zero-order valence-electron chi connectivity index (χ0n) is 33.9. The summed E-state index contributed by atoms with van der Waals surface area (Å²) in [6.07, 6.45) is 0. The molecule has 12 aromatic rings. The largest absolute Gasteiger partial charge is 0.457 e. The lowest BCUT2D eigenvalue weighted by Gasteiger charge is -2.50. The van der Waals surface area contributed by atoms with Gasteiger partial charge in [-0.05, 0) is 59.7 Å². The molecule has 8 aromatic carbocycles. The van der Waals surface area contributed by atoms with Gasteiger partial charge in [0.15, 0.2) is 0 Å². The SMILES string of the molecule is c1ccc2c(c1)Oc1ccccc1C21c2cc(-c3cccc4c3sc3ccccc34)sc2C2(c3ccccc3Oc3ccccc32)c2cc(-c3cccc4c3sc3ccccc34)sc21. The van der Waals surface area contributed by atoms with Crippen molar-refractivity contribution in [3.05, 3.63) is 237 Å². The Kier molecular flexibility index (Phi) is 7.19. The highest BCUT2D eigenvalue weighted by atomic mass is 32.1. The average Bonchev–Trinajstić information content (AvgIpc) is 4.16. The zero-order chi connectivity index (χ0) is 41.7. The third kappa shape index (κ3) is 4.44. The van der Waals surface area contributed by atoms with E-state index in [-0.39, 0.29) is 0 Å². The van der Waals surface area contributed by atoms with Crippen molar-refractivity contribution in [1.29, 1.82) is 0 Å². The third-order valence-corrected chi connectivity index (χ3v) is 18.9. The molecule has 6 heterocycles. The number of thiophene rings is 4. The van der Waals surface area contributed by atoms with Crippen LogP contribution in [-0.2, 0) is 10.8 Å². The van der Waals surface area contributed by atoms with E-state index in [0.29, 0.717) is 0 Å². The molecule has 2 aliphatic heterocycles. The second-order valence-electron chi connectivity index (χ2n) is 17.0. The molecule has 1 aliphatic carbocycles. The predicted octanol–water partition coefficient (Wildman–Crippen LogP) is 17.2. The van der Waals surface area contributed by atoms with Gasteiger partial charge in [0.1, 0.15) is 23.0 Å². The van der Waals surface area contributed by atoms with E-state index in [9.17, 15) is 0 Å². The summed E-state index contributed by atoms with van der Waals surface area (Å²) in [7, 11) is 0. The van der Waals surface area contributed by atoms with Crippen molar-refractivity contribution in [2.75, 3.05) is 0 Å². The van der Waals surface area contributed by atoms with Crippen molar-refractivity contribution in [3.8, 4) is 43.9 Å². The van der Waals surface area contributed by atoms with E-state index in [4.69, 9.17) is 9.47 Å². The Morgan fingerprint density at radius 1 is 0.297 bits per heavy atom. The molecule has 0 N–H and O–H groups in total. The molecular weight excluding hydrogens is 857 g/mol. The van der Waals surface area contributed by atoms with Crippen LogP contribution in [0.4, 0.5) is 0 Å². The van der Waals surface area contributed by atoms with E-state index in [1.54, 1.807) is 0 Å². The van der Waals surface area contributed by atoms with Gasteiger partial charge in [0.2, 0.25) is 0 Å². The Bertz CT molecular complexity index is 3560. The Morgan fingerprint density at radius 2 is 0.641 bits per heavy atom. The van der Waals surface area contributed by atoms with Crippen LogP contribution >= 0.6 is 45.3 Å². The Labute approximate surface area is 384 Å². The normalized spacial score (nSPS) is 14.8. The molecule has 15 rings (SSSR count). The number of benzene rings is 8. The number of rotatable bonds is 2. The maximum Gasteiger partial charge on any atom is 0.132 e. The second kappa shape index (κ2) is 12.9. The minimum atomic E-state index is -0.705. The van der Waals surface area contributed by atoms with Crippen LogP contribution in [0.25, 0.3) is 61.2 Å². The monoisotopic (exact) mass is 888 g/mol. The van der Waals surface area contributed by atoms with Gasteiger partial charge in [0.05, 0.1) is 10.8 Å². The van der Waals surface area contributed by atoms with Gasteiger partial charge in [-0.25, -0.2) is 0 Å². The van der Waals surface area contributed by atoms with Crippen LogP contribution in [-0.4, -0.2) is 0 Å². The summed E-state index contributed by atoms with van der Waals surface area (Å²) in [4.78, 5) is 5.14. The summed E-state index contributed by atoms with van der Waals surface area (Å²) in [5.74, 6) is 3.57. The lowest BCUT2D eigenvalue weighted by Crippen LogP contribution is -2.45. The molecule has 0 fully saturated rings. The van der Waals surface area contributed by atoms with Gasteiger partial charge in [-0.2, -0.15) is 0 Å². The van der Waals surface area contributed by atoms with Gasteiger partial charge in [-0.1, -0.05) is 146 Å². The van der Waals surface area contributed by atoms with Gasteiger partial charge in [-0.15, -0.1) is 45.3 Å². The molecule has 3 aliphatic rings. The maximum absolute atomic E-state index is 6.94. The molecule has 2 nitrogen and oxygen atoms in total. The summed E-state index contributed by atoms with van der Waals surface area (Å²) in [5.41, 5.74) is 8.37. The molecule has 0 amide bonds. The van der Waals surface area contributed by atoms with Gasteiger partial charge in [0.25, 0.3) is 0 Å². The molecule has 6 heteroatoms. The minimum Gasteiger partial charge on any atom is -0.457 e. The van der Waals surface area contributed by atoms with Crippen LogP contribution in [0, 0.1) is 0 Å². The lowest BCUT2D eigenvalue weighted by molar-refractivity contribution is 0.418. The van der Waals surface area contributed by atoms with Gasteiger partial charge in [0, 0.05) is 93.2 Å². The lowest BCUT2D eigenvalue weighted by atomic mass is 9.54. The second-order valence-corrected chi connectivity index (χ2v) is 21.2. The molecule has 0 bridgehead atoms. The first-order valence-corrected chi connectivity index (χ1v) is 24.8. The number of para-hydroxylation sites is 4. The predicted molar refractivity (Wildman–Crippen MR) is 269 cm³/mol. The zero-order valence-corrected chi connectivity index (χ0v) is 37.2. The maximum atomic E-state index is 6.94. The summed E-state index contributed by atoms with van der Waals surface area (Å²) in [6.45, 7) is 0. The molecule has 300 valence electrons. The average molecular weight is 889 g/mol. The number of hydrogen-bond acceptors (Lipinski definition) is 6. The van der Waals surface area contributed by atoms with Gasteiger partial charge >= 0.3 is 0 Å². The van der Waals surface area contributed by atoms with Gasteiger partial charge < -0.3 is 9.47 Å². The summed E-state index contributed by atoms with van der Waals surface area (Å²) >= 11 is 7.70. The number of hydrogen-bond donors (Lipinski definition) is 0. The van der Waals surface area contributed by atoms with Crippen molar-refractivity contribution in [3.63, 3.8) is 0 Å². The summed E-state index contributed by atoms with van der Waals surface area (Å²) in [5, 5.41) is 5.22. The summed E-state index contributed by atoms with van der Waals surface area (Å²) in [6, 6.07) is 71.7. The van der Waals surface area contributed by atoms with Crippen LogP contribution < -0.4 is 9.47 Å². The van der Waals surface area contributed by atoms with Crippen LogP contribution in [0.1, 0.15) is 43.1 Å². The van der Waals surface area contributed by atoms with Crippen molar-refractivity contribution >= 4 is 85.7 Å². The van der Waals surface area contributed by atoms with Gasteiger partial charge in [-0.3, -0.25) is 0 Å². The van der Waals surface area contributed by atoms with Crippen LogP contribution in [0.5, 0.6) is 23.0 Å². The van der Waals surface area contributed by atoms with E-state index < -0.39 is 10.8 Å². The molecule has 0 saturated heterocycles. The van der Waals surface area contributed by atoms with Crippen molar-refractivity contribution in [1.82, 2.24) is 0 Å². The fourth-order valence-corrected chi connectivity index (χ4v) is 16.9. The molecule has 64 heavy (non-hydrogen) atoms. The third-order valence-electron chi connectivity index (χ3n) is 13.9. The van der Waals surface area contributed by atoms with E-state index in [2.05, 4.69) is 194 Å². The molecule has 2 spiro atoms. The standard InChI is InChI=1S/C58H32O2S4/c1-11-29-49-33(15-1)35-17-13-19-37(53(35)61-49)51-31-43-55(63-51)58(41-23-5-9-27-47(41)60-48-28-10-6-24-42(48)58)44-32-52(38-20-14-18-36-34-16-2-12-30-50(34)62-54(36)38)64-56(44)57(43)39-21-3-7-25-45(39)59-46-26-8-4-22-40(46)57/h1-32H. The number of ether oxygens (including phenoxy) is 2. The minimum absolute atomic E-state index is 0.705.